The highest BCUT2D eigenvalue weighted by Crippen LogP contribution is 2.38. The van der Waals surface area contributed by atoms with Crippen molar-refractivity contribution in [3.05, 3.63) is 64.8 Å². The molecular weight excluding hydrogens is 456 g/mol. The molecule has 0 radical (unpaired) electrons. The zero-order valence-corrected chi connectivity index (χ0v) is 19.5. The van der Waals surface area contributed by atoms with Crippen molar-refractivity contribution in [2.75, 3.05) is 12.3 Å². The number of benzene rings is 2. The second kappa shape index (κ2) is 10.1. The first kappa shape index (κ1) is 23.5. The zero-order valence-electron chi connectivity index (χ0n) is 18.7. The van der Waals surface area contributed by atoms with Gasteiger partial charge >= 0.3 is 5.97 Å². The summed E-state index contributed by atoms with van der Waals surface area (Å²) in [6.45, 7) is 2.46. The average Bonchev–Trinajstić information content (AvgIpc) is 3.24. The molecule has 3 N–H and O–H groups in total. The van der Waals surface area contributed by atoms with Crippen molar-refractivity contribution in [3.8, 4) is 5.75 Å². The summed E-state index contributed by atoms with van der Waals surface area (Å²) in [5.41, 5.74) is 9.39. The zero-order chi connectivity index (χ0) is 24.2. The standard InChI is InChI=1S/C25H25ClN4O4/c1-2-34-18-11-8-16-12-19(25(26)28-20(16)13-18)22-14-21(15-6-9-17(27)10-7-15)29-30(22)23(31)4-3-5-24(32)33/h6-13,22H,2-5,14,27H2,1H3,(H,32,33). The molecule has 1 aliphatic rings. The first-order chi connectivity index (χ1) is 16.4. The van der Waals surface area contributed by atoms with Crippen molar-refractivity contribution in [3.63, 3.8) is 0 Å². The SMILES string of the molecule is CCOc1ccc2cc(C3CC(c4ccc(N)cc4)=NN3C(=O)CCCC(=O)O)c(Cl)nc2c1. The minimum atomic E-state index is -0.940. The number of rotatable bonds is 8. The van der Waals surface area contributed by atoms with Crippen molar-refractivity contribution in [1.29, 1.82) is 0 Å². The topological polar surface area (TPSA) is 118 Å². The first-order valence-electron chi connectivity index (χ1n) is 11.1. The normalized spacial score (nSPS) is 15.4. The molecule has 0 aliphatic carbocycles. The lowest BCUT2D eigenvalue weighted by Crippen LogP contribution is -2.27. The molecule has 0 saturated carbocycles. The molecule has 1 atom stereocenters. The summed E-state index contributed by atoms with van der Waals surface area (Å²) in [6, 6.07) is 14.3. The number of nitrogen functional groups attached to an aromatic ring is 1. The van der Waals surface area contributed by atoms with E-state index in [0.717, 1.165) is 16.7 Å². The number of aliphatic carboxylic acids is 1. The van der Waals surface area contributed by atoms with E-state index < -0.39 is 12.0 Å². The van der Waals surface area contributed by atoms with Gasteiger partial charge in [-0.1, -0.05) is 23.7 Å². The van der Waals surface area contributed by atoms with Gasteiger partial charge in [0, 0.05) is 42.0 Å². The van der Waals surface area contributed by atoms with Crippen LogP contribution in [0.5, 0.6) is 5.75 Å². The van der Waals surface area contributed by atoms with Crippen LogP contribution >= 0.6 is 11.6 Å². The molecule has 0 spiro atoms. The second-order valence-corrected chi connectivity index (χ2v) is 8.39. The van der Waals surface area contributed by atoms with Gasteiger partial charge in [0.2, 0.25) is 5.91 Å². The van der Waals surface area contributed by atoms with E-state index in [1.165, 1.54) is 5.01 Å². The molecule has 1 unspecified atom stereocenters. The Morgan fingerprint density at radius 3 is 2.65 bits per heavy atom. The van der Waals surface area contributed by atoms with E-state index in [1.54, 1.807) is 12.1 Å². The van der Waals surface area contributed by atoms with Crippen molar-refractivity contribution >= 4 is 45.8 Å². The summed E-state index contributed by atoms with van der Waals surface area (Å²) < 4.78 is 5.55. The number of pyridine rings is 1. The summed E-state index contributed by atoms with van der Waals surface area (Å²) in [5.74, 6) is -0.499. The lowest BCUT2D eigenvalue weighted by molar-refractivity contribution is -0.137. The number of carboxylic acids is 1. The fourth-order valence-corrected chi connectivity index (χ4v) is 4.24. The highest BCUT2D eigenvalue weighted by atomic mass is 35.5. The van der Waals surface area contributed by atoms with Crippen molar-refractivity contribution in [1.82, 2.24) is 9.99 Å². The molecule has 2 aromatic carbocycles. The van der Waals surface area contributed by atoms with Crippen LogP contribution in [-0.2, 0) is 9.59 Å². The molecule has 8 nitrogen and oxygen atoms in total. The number of hydrazone groups is 1. The van der Waals surface area contributed by atoms with E-state index in [-0.39, 0.29) is 30.3 Å². The molecule has 1 aromatic heterocycles. The van der Waals surface area contributed by atoms with Gasteiger partial charge in [-0.2, -0.15) is 5.10 Å². The highest BCUT2D eigenvalue weighted by Gasteiger charge is 2.34. The number of halogens is 1. The fourth-order valence-electron chi connectivity index (χ4n) is 3.97. The Morgan fingerprint density at radius 1 is 1.18 bits per heavy atom. The number of aromatic nitrogens is 1. The molecule has 4 rings (SSSR count). The van der Waals surface area contributed by atoms with Crippen LogP contribution in [0.3, 0.4) is 0 Å². The molecule has 1 aliphatic heterocycles. The summed E-state index contributed by atoms with van der Waals surface area (Å²) in [4.78, 5) is 28.5. The number of nitrogens with two attached hydrogens (primary N) is 1. The third-order valence-corrected chi connectivity index (χ3v) is 5.93. The number of amides is 1. The van der Waals surface area contributed by atoms with Gasteiger partial charge in [-0.05, 0) is 49.2 Å². The maximum absolute atomic E-state index is 13.1. The maximum atomic E-state index is 13.1. The number of ether oxygens (including phenoxy) is 1. The number of carbonyl (C=O) groups is 2. The highest BCUT2D eigenvalue weighted by molar-refractivity contribution is 6.30. The second-order valence-electron chi connectivity index (χ2n) is 8.03. The van der Waals surface area contributed by atoms with E-state index in [2.05, 4.69) is 10.1 Å². The van der Waals surface area contributed by atoms with Crippen LogP contribution in [0.2, 0.25) is 5.15 Å². The largest absolute Gasteiger partial charge is 0.494 e. The molecule has 9 heteroatoms. The molecular formula is C25H25ClN4O4. The lowest BCUT2D eigenvalue weighted by Gasteiger charge is -2.23. The smallest absolute Gasteiger partial charge is 0.303 e. The minimum Gasteiger partial charge on any atom is -0.494 e. The molecule has 176 valence electrons. The molecule has 0 fully saturated rings. The third-order valence-electron chi connectivity index (χ3n) is 5.63. The Bertz CT molecular complexity index is 1260. The van der Waals surface area contributed by atoms with Crippen LogP contribution < -0.4 is 10.5 Å². The number of carbonyl (C=O) groups excluding carboxylic acids is 1. The molecule has 2 heterocycles. The van der Waals surface area contributed by atoms with E-state index in [9.17, 15) is 9.59 Å². The van der Waals surface area contributed by atoms with Crippen LogP contribution in [0, 0.1) is 0 Å². The summed E-state index contributed by atoms with van der Waals surface area (Å²) in [7, 11) is 0. The Balaban J connectivity index is 1.68. The molecule has 34 heavy (non-hydrogen) atoms. The van der Waals surface area contributed by atoms with Crippen LogP contribution in [0.15, 0.2) is 53.6 Å². The summed E-state index contributed by atoms with van der Waals surface area (Å²) >= 11 is 6.61. The van der Waals surface area contributed by atoms with Gasteiger partial charge in [0.15, 0.2) is 0 Å². The van der Waals surface area contributed by atoms with Crippen LogP contribution in [0.4, 0.5) is 5.69 Å². The van der Waals surface area contributed by atoms with Crippen molar-refractivity contribution < 1.29 is 19.4 Å². The van der Waals surface area contributed by atoms with Crippen molar-refractivity contribution in [2.45, 2.75) is 38.6 Å². The Labute approximate surface area is 202 Å². The number of anilines is 1. The van der Waals surface area contributed by atoms with Gasteiger partial charge in [-0.15, -0.1) is 0 Å². The number of fused-ring (bicyclic) bond motifs is 1. The number of hydrogen-bond donors (Lipinski definition) is 2. The quantitative estimate of drug-likeness (QED) is 0.353. The van der Waals surface area contributed by atoms with Gasteiger partial charge in [0.05, 0.1) is 23.9 Å². The molecule has 3 aromatic rings. The van der Waals surface area contributed by atoms with Gasteiger partial charge < -0.3 is 15.6 Å². The first-order valence-corrected chi connectivity index (χ1v) is 11.4. The van der Waals surface area contributed by atoms with E-state index in [1.807, 2.05) is 43.3 Å². The monoisotopic (exact) mass is 480 g/mol. The van der Waals surface area contributed by atoms with Gasteiger partial charge in [-0.3, -0.25) is 9.59 Å². The summed E-state index contributed by atoms with van der Waals surface area (Å²) in [6.07, 6.45) is 0.656. The molecule has 0 saturated heterocycles. The van der Waals surface area contributed by atoms with Crippen LogP contribution in [0.1, 0.15) is 49.8 Å². The van der Waals surface area contributed by atoms with Crippen molar-refractivity contribution in [2.24, 2.45) is 5.10 Å². The summed E-state index contributed by atoms with van der Waals surface area (Å²) in [5, 5.41) is 16.1. The van der Waals surface area contributed by atoms with E-state index in [4.69, 9.17) is 27.2 Å². The maximum Gasteiger partial charge on any atom is 0.303 e. The predicted octanol–water partition coefficient (Wildman–Crippen LogP) is 4.80. The predicted molar refractivity (Wildman–Crippen MR) is 131 cm³/mol. The van der Waals surface area contributed by atoms with Crippen LogP contribution in [0.25, 0.3) is 10.9 Å². The van der Waals surface area contributed by atoms with Crippen LogP contribution in [-0.4, -0.2) is 39.3 Å². The lowest BCUT2D eigenvalue weighted by atomic mass is 9.98. The molecule has 1 amide bonds. The van der Waals surface area contributed by atoms with E-state index in [0.29, 0.717) is 35.5 Å². The minimum absolute atomic E-state index is 0.0671. The Morgan fingerprint density at radius 2 is 1.94 bits per heavy atom. The third kappa shape index (κ3) is 5.12. The number of hydrogen-bond acceptors (Lipinski definition) is 6. The molecule has 0 bridgehead atoms. The number of nitrogens with zero attached hydrogens (tertiary/aromatic N) is 3. The Kier molecular flexibility index (Phi) is 6.98. The average molecular weight is 481 g/mol. The van der Waals surface area contributed by atoms with Gasteiger partial charge in [-0.25, -0.2) is 9.99 Å². The Hall–Kier alpha value is -3.65. The number of carboxylic acid groups (broad SMARTS) is 1. The van der Waals surface area contributed by atoms with Gasteiger partial charge in [0.1, 0.15) is 10.9 Å². The fraction of sp³-hybridized carbons (Fsp3) is 0.280. The van der Waals surface area contributed by atoms with Gasteiger partial charge in [0.25, 0.3) is 0 Å². The van der Waals surface area contributed by atoms with E-state index >= 15 is 0 Å².